The minimum Gasteiger partial charge on any atom is -0.494 e. The first-order valence-corrected chi connectivity index (χ1v) is 8.81. The highest BCUT2D eigenvalue weighted by atomic mass is 35.5. The van der Waals surface area contributed by atoms with Crippen molar-refractivity contribution in [2.24, 2.45) is 0 Å². The number of hydrogen-bond donors (Lipinski definition) is 5. The highest BCUT2D eigenvalue weighted by Crippen LogP contribution is 2.18. The van der Waals surface area contributed by atoms with Gasteiger partial charge in [0.25, 0.3) is 0 Å². The third kappa shape index (κ3) is 4.64. The van der Waals surface area contributed by atoms with Gasteiger partial charge in [-0.15, -0.1) is 0 Å². The van der Waals surface area contributed by atoms with Crippen LogP contribution in [0.5, 0.6) is 5.75 Å². The van der Waals surface area contributed by atoms with Crippen molar-refractivity contribution in [3.63, 3.8) is 0 Å². The van der Waals surface area contributed by atoms with Gasteiger partial charge in [0, 0.05) is 22.8 Å². The van der Waals surface area contributed by atoms with E-state index in [1.165, 1.54) is 0 Å². The average Bonchev–Trinajstić information content (AvgIpc) is 3.09. The van der Waals surface area contributed by atoms with Gasteiger partial charge in [-0.25, -0.2) is 10.9 Å². The Bertz CT molecular complexity index is 758. The first-order valence-electron chi connectivity index (χ1n) is 8.44. The summed E-state index contributed by atoms with van der Waals surface area (Å²) in [6.07, 6.45) is -0.337. The van der Waals surface area contributed by atoms with Gasteiger partial charge < -0.3 is 15.4 Å². The first kappa shape index (κ1) is 18.5. The molecule has 5 N–H and O–H groups in total. The lowest BCUT2D eigenvalue weighted by Gasteiger charge is -2.20. The molecule has 138 valence electrons. The van der Waals surface area contributed by atoms with Crippen molar-refractivity contribution >= 4 is 23.2 Å². The van der Waals surface area contributed by atoms with Crippen LogP contribution in [0.2, 0.25) is 5.02 Å². The van der Waals surface area contributed by atoms with E-state index in [-0.39, 0.29) is 12.1 Å². The highest BCUT2D eigenvalue weighted by molar-refractivity contribution is 6.30. The van der Waals surface area contributed by atoms with Crippen LogP contribution >= 0.6 is 11.6 Å². The van der Waals surface area contributed by atoms with Gasteiger partial charge in [0.05, 0.1) is 6.61 Å². The number of amides is 1. The molecule has 1 fully saturated rings. The maximum absolute atomic E-state index is 12.6. The lowest BCUT2D eigenvalue weighted by atomic mass is 10.1. The fraction of sp³-hybridized carbons (Fsp3) is 0.278. The molecule has 1 amide bonds. The number of para-hydroxylation sites is 1. The Hall–Kier alpha value is -2.32. The molecule has 0 aromatic heterocycles. The van der Waals surface area contributed by atoms with E-state index in [1.807, 2.05) is 43.3 Å². The van der Waals surface area contributed by atoms with Crippen LogP contribution in [0, 0.1) is 0 Å². The van der Waals surface area contributed by atoms with Gasteiger partial charge in [-0.3, -0.25) is 4.79 Å². The Labute approximate surface area is 157 Å². The van der Waals surface area contributed by atoms with E-state index >= 15 is 0 Å². The Morgan fingerprint density at radius 1 is 1.19 bits per heavy atom. The van der Waals surface area contributed by atoms with Crippen molar-refractivity contribution in [1.82, 2.24) is 21.7 Å². The number of ether oxygens (including phenoxy) is 1. The topological polar surface area (TPSA) is 86.5 Å². The number of hydrazine groups is 2. The van der Waals surface area contributed by atoms with Crippen molar-refractivity contribution in [3.8, 4) is 5.75 Å². The molecule has 8 heteroatoms. The third-order valence-electron chi connectivity index (χ3n) is 3.94. The summed E-state index contributed by atoms with van der Waals surface area (Å²) in [5, 5.41) is 6.80. The van der Waals surface area contributed by atoms with Crippen molar-refractivity contribution in [1.29, 1.82) is 0 Å². The molecule has 0 bridgehead atoms. The summed E-state index contributed by atoms with van der Waals surface area (Å²) < 4.78 is 5.59. The van der Waals surface area contributed by atoms with E-state index in [1.54, 1.807) is 12.1 Å². The number of hydrogen-bond acceptors (Lipinski definition) is 6. The van der Waals surface area contributed by atoms with Crippen LogP contribution < -0.4 is 31.8 Å². The van der Waals surface area contributed by atoms with E-state index in [4.69, 9.17) is 16.3 Å². The van der Waals surface area contributed by atoms with Crippen molar-refractivity contribution < 1.29 is 9.53 Å². The molecule has 1 aliphatic rings. The summed E-state index contributed by atoms with van der Waals surface area (Å²) in [5.74, 6) is 0.632. The van der Waals surface area contributed by atoms with E-state index in [0.717, 1.165) is 17.0 Å². The van der Waals surface area contributed by atoms with Gasteiger partial charge in [0.15, 0.2) is 0 Å². The predicted octanol–water partition coefficient (Wildman–Crippen LogP) is 1.77. The molecule has 2 aromatic rings. The van der Waals surface area contributed by atoms with Crippen molar-refractivity contribution in [2.45, 2.75) is 25.7 Å². The van der Waals surface area contributed by atoms with E-state index in [9.17, 15) is 4.79 Å². The predicted molar refractivity (Wildman–Crippen MR) is 102 cm³/mol. The van der Waals surface area contributed by atoms with Crippen molar-refractivity contribution in [2.75, 3.05) is 11.9 Å². The number of carbonyl (C=O) groups is 1. The summed E-state index contributed by atoms with van der Waals surface area (Å²) in [4.78, 5) is 12.6. The van der Waals surface area contributed by atoms with Crippen LogP contribution in [-0.4, -0.2) is 24.7 Å². The van der Waals surface area contributed by atoms with Gasteiger partial charge >= 0.3 is 0 Å². The maximum Gasteiger partial charge on any atom is 0.242 e. The Kier molecular flexibility index (Phi) is 6.30. The fourth-order valence-corrected chi connectivity index (χ4v) is 2.89. The highest BCUT2D eigenvalue weighted by Gasteiger charge is 2.32. The molecule has 1 heterocycles. The molecular weight excluding hydrogens is 354 g/mol. The van der Waals surface area contributed by atoms with E-state index in [2.05, 4.69) is 27.0 Å². The lowest BCUT2D eigenvalue weighted by Crippen LogP contribution is -2.50. The summed E-state index contributed by atoms with van der Waals surface area (Å²) >= 11 is 6.00. The monoisotopic (exact) mass is 375 g/mol. The number of halogens is 1. The fourth-order valence-electron chi connectivity index (χ4n) is 2.70. The number of carbonyl (C=O) groups excluding carboxylic acids is 1. The van der Waals surface area contributed by atoms with E-state index < -0.39 is 6.04 Å². The standard InChI is InChI=1S/C18H22ClN5O2/c1-2-26-15-9-4-3-6-12(15)11-20-18(25)16-17(23-24-22-16)21-14-8-5-7-13(19)10-14/h3-10,16-17,21-24H,2,11H2,1H3,(H,20,25). The van der Waals surface area contributed by atoms with Crippen LogP contribution in [0.25, 0.3) is 0 Å². The van der Waals surface area contributed by atoms with Gasteiger partial charge in [-0.2, -0.15) is 5.53 Å². The zero-order valence-corrected chi connectivity index (χ0v) is 15.1. The molecule has 2 atom stereocenters. The third-order valence-corrected chi connectivity index (χ3v) is 4.18. The summed E-state index contributed by atoms with van der Waals surface area (Å²) in [5.41, 5.74) is 10.4. The second-order valence-electron chi connectivity index (χ2n) is 5.78. The molecule has 3 rings (SSSR count). The molecule has 1 aliphatic heterocycles. The second kappa shape index (κ2) is 8.86. The minimum absolute atomic E-state index is 0.145. The SMILES string of the molecule is CCOc1ccccc1CNC(=O)C1NNNC1Nc1cccc(Cl)c1. The Morgan fingerprint density at radius 2 is 2.04 bits per heavy atom. The first-order chi connectivity index (χ1) is 12.7. The van der Waals surface area contributed by atoms with Gasteiger partial charge in [-0.1, -0.05) is 35.9 Å². The quantitative estimate of drug-likeness (QED) is 0.507. The Morgan fingerprint density at radius 3 is 2.85 bits per heavy atom. The van der Waals surface area contributed by atoms with Crippen LogP contribution in [0.4, 0.5) is 5.69 Å². The van der Waals surface area contributed by atoms with Gasteiger partial charge in [0.2, 0.25) is 5.91 Å². The van der Waals surface area contributed by atoms with Gasteiger partial charge in [0.1, 0.15) is 18.0 Å². The molecule has 1 saturated heterocycles. The van der Waals surface area contributed by atoms with Crippen LogP contribution in [0.3, 0.4) is 0 Å². The van der Waals surface area contributed by atoms with E-state index in [0.29, 0.717) is 18.2 Å². The summed E-state index contributed by atoms with van der Waals surface area (Å²) in [7, 11) is 0. The van der Waals surface area contributed by atoms with Crippen molar-refractivity contribution in [3.05, 3.63) is 59.1 Å². The summed E-state index contributed by atoms with van der Waals surface area (Å²) in [6.45, 7) is 2.90. The smallest absolute Gasteiger partial charge is 0.242 e. The summed E-state index contributed by atoms with van der Waals surface area (Å²) in [6, 6.07) is 14.5. The number of rotatable bonds is 7. The maximum atomic E-state index is 12.6. The minimum atomic E-state index is -0.506. The molecular formula is C18H22ClN5O2. The molecule has 2 unspecified atom stereocenters. The lowest BCUT2D eigenvalue weighted by molar-refractivity contribution is -0.123. The normalized spacial score (nSPS) is 19.2. The van der Waals surface area contributed by atoms with Crippen LogP contribution in [0.1, 0.15) is 12.5 Å². The molecule has 0 aliphatic carbocycles. The van der Waals surface area contributed by atoms with Crippen LogP contribution in [0.15, 0.2) is 48.5 Å². The molecule has 7 nitrogen and oxygen atoms in total. The molecule has 0 saturated carbocycles. The average molecular weight is 376 g/mol. The molecule has 0 spiro atoms. The number of nitrogens with one attached hydrogen (secondary N) is 5. The molecule has 26 heavy (non-hydrogen) atoms. The largest absolute Gasteiger partial charge is 0.494 e. The molecule has 2 aromatic carbocycles. The molecule has 0 radical (unpaired) electrons. The zero-order valence-electron chi connectivity index (χ0n) is 14.4. The number of anilines is 1. The zero-order chi connectivity index (χ0) is 18.4. The second-order valence-corrected chi connectivity index (χ2v) is 6.22. The van der Waals surface area contributed by atoms with Gasteiger partial charge in [-0.05, 0) is 31.2 Å². The number of benzene rings is 2. The van der Waals surface area contributed by atoms with Crippen LogP contribution in [-0.2, 0) is 11.3 Å². The Balaban J connectivity index is 1.60.